The van der Waals surface area contributed by atoms with Crippen molar-refractivity contribution < 1.29 is 9.59 Å². The molecule has 0 atom stereocenters. The lowest BCUT2D eigenvalue weighted by Gasteiger charge is -2.20. The maximum Gasteiger partial charge on any atom is 0.295 e. The first-order valence-corrected chi connectivity index (χ1v) is 5.22. The topological polar surface area (TPSA) is 37.4 Å². The number of rotatable bonds is 3. The summed E-state index contributed by atoms with van der Waals surface area (Å²) in [6, 6.07) is 18.2. The molecule has 3 nitrogen and oxygen atoms in total. The molecular weight excluding hydrogens is 214 g/mol. The summed E-state index contributed by atoms with van der Waals surface area (Å²) < 4.78 is 0. The average molecular weight is 225 g/mol. The summed E-state index contributed by atoms with van der Waals surface area (Å²) in [5.41, 5.74) is 1.35. The molecule has 0 spiro atoms. The molecule has 0 aliphatic heterocycles. The lowest BCUT2D eigenvalue weighted by Crippen LogP contribution is -2.26. The van der Waals surface area contributed by atoms with Gasteiger partial charge in [0.25, 0.3) is 5.91 Å². The first kappa shape index (κ1) is 11.1. The maximum absolute atomic E-state index is 11.7. The van der Waals surface area contributed by atoms with Crippen LogP contribution in [0.25, 0.3) is 0 Å². The van der Waals surface area contributed by atoms with E-state index in [-0.39, 0.29) is 0 Å². The number of hydrogen-bond donors (Lipinski definition) is 0. The van der Waals surface area contributed by atoms with Crippen molar-refractivity contribution in [3.63, 3.8) is 0 Å². The highest BCUT2D eigenvalue weighted by atomic mass is 16.2. The summed E-state index contributed by atoms with van der Waals surface area (Å²) in [6.45, 7) is 0. The van der Waals surface area contributed by atoms with Crippen LogP contribution in [0.4, 0.5) is 11.4 Å². The molecule has 0 aromatic heterocycles. The highest BCUT2D eigenvalue weighted by molar-refractivity contribution is 6.32. The van der Waals surface area contributed by atoms with E-state index >= 15 is 0 Å². The Morgan fingerprint density at radius 2 is 1.24 bits per heavy atom. The van der Waals surface area contributed by atoms with Crippen LogP contribution >= 0.6 is 0 Å². The molecule has 0 aliphatic carbocycles. The molecule has 0 heterocycles. The largest absolute Gasteiger partial charge is 0.295 e. The molecule has 1 amide bonds. The molecule has 84 valence electrons. The number of anilines is 2. The number of carbonyl (C=O) groups is 2. The van der Waals surface area contributed by atoms with E-state index in [4.69, 9.17) is 0 Å². The fraction of sp³-hybridized carbons (Fsp3) is 0. The smallest absolute Gasteiger partial charge is 0.292 e. The van der Waals surface area contributed by atoms with Crippen LogP contribution in [0.15, 0.2) is 60.7 Å². The van der Waals surface area contributed by atoms with Crippen LogP contribution in [0, 0.1) is 0 Å². The van der Waals surface area contributed by atoms with E-state index in [0.29, 0.717) is 17.7 Å². The minimum Gasteiger partial charge on any atom is -0.292 e. The molecule has 0 fully saturated rings. The predicted octanol–water partition coefficient (Wildman–Crippen LogP) is 2.55. The number of para-hydroxylation sites is 2. The Hall–Kier alpha value is -2.42. The monoisotopic (exact) mass is 225 g/mol. The Labute approximate surface area is 99.3 Å². The number of amides is 1. The second kappa shape index (κ2) is 5.07. The number of aldehydes is 1. The Balaban J connectivity index is 2.47. The summed E-state index contributed by atoms with van der Waals surface area (Å²) in [7, 11) is 0. The normalized spacial score (nSPS) is 9.65. The molecule has 0 saturated carbocycles. The van der Waals surface area contributed by atoms with Gasteiger partial charge in [-0.1, -0.05) is 36.4 Å². The van der Waals surface area contributed by atoms with Crippen molar-refractivity contribution in [2.24, 2.45) is 0 Å². The average Bonchev–Trinajstić information content (AvgIpc) is 2.41. The van der Waals surface area contributed by atoms with E-state index in [2.05, 4.69) is 0 Å². The number of benzene rings is 2. The fourth-order valence-corrected chi connectivity index (χ4v) is 1.61. The van der Waals surface area contributed by atoms with Crippen LogP contribution in [0.3, 0.4) is 0 Å². The van der Waals surface area contributed by atoms with Crippen molar-refractivity contribution in [1.82, 2.24) is 0 Å². The van der Waals surface area contributed by atoms with Crippen molar-refractivity contribution in [3.8, 4) is 0 Å². The van der Waals surface area contributed by atoms with Crippen LogP contribution in [0.2, 0.25) is 0 Å². The molecule has 2 rings (SSSR count). The Morgan fingerprint density at radius 1 is 0.824 bits per heavy atom. The third-order valence-electron chi connectivity index (χ3n) is 2.35. The molecular formula is C14H11NO2. The van der Waals surface area contributed by atoms with Gasteiger partial charge in [0.2, 0.25) is 6.29 Å². The van der Waals surface area contributed by atoms with Crippen molar-refractivity contribution in [1.29, 1.82) is 0 Å². The minimum absolute atomic E-state index is 0.319. The highest BCUT2D eigenvalue weighted by Gasteiger charge is 2.16. The summed E-state index contributed by atoms with van der Waals surface area (Å²) in [4.78, 5) is 23.8. The number of carbonyl (C=O) groups excluding carboxylic acids is 2. The van der Waals surface area contributed by atoms with Gasteiger partial charge < -0.3 is 0 Å². The van der Waals surface area contributed by atoms with Crippen molar-refractivity contribution in [2.75, 3.05) is 4.90 Å². The first-order valence-electron chi connectivity index (χ1n) is 5.22. The van der Waals surface area contributed by atoms with Crippen LogP contribution in [0.5, 0.6) is 0 Å². The summed E-state index contributed by atoms with van der Waals surface area (Å²) in [5, 5.41) is 0. The number of nitrogens with zero attached hydrogens (tertiary/aromatic N) is 1. The van der Waals surface area contributed by atoms with Gasteiger partial charge in [-0.05, 0) is 24.3 Å². The summed E-state index contributed by atoms with van der Waals surface area (Å²) >= 11 is 0. The minimum atomic E-state index is -0.581. The van der Waals surface area contributed by atoms with Crippen molar-refractivity contribution in [3.05, 3.63) is 60.7 Å². The van der Waals surface area contributed by atoms with Gasteiger partial charge >= 0.3 is 0 Å². The molecule has 17 heavy (non-hydrogen) atoms. The summed E-state index contributed by atoms with van der Waals surface area (Å²) in [5.74, 6) is -0.581. The zero-order valence-electron chi connectivity index (χ0n) is 9.11. The Bertz CT molecular complexity index is 469. The third kappa shape index (κ3) is 2.39. The van der Waals surface area contributed by atoms with E-state index in [0.717, 1.165) is 0 Å². The quantitative estimate of drug-likeness (QED) is 0.594. The molecule has 0 bridgehead atoms. The highest BCUT2D eigenvalue weighted by Crippen LogP contribution is 2.24. The third-order valence-corrected chi connectivity index (χ3v) is 2.35. The van der Waals surface area contributed by atoms with Gasteiger partial charge in [-0.15, -0.1) is 0 Å². The van der Waals surface area contributed by atoms with Crippen LogP contribution in [-0.2, 0) is 9.59 Å². The van der Waals surface area contributed by atoms with E-state index in [1.807, 2.05) is 36.4 Å². The fourth-order valence-electron chi connectivity index (χ4n) is 1.61. The maximum atomic E-state index is 11.7. The van der Waals surface area contributed by atoms with E-state index < -0.39 is 5.91 Å². The van der Waals surface area contributed by atoms with Gasteiger partial charge in [0.05, 0.1) is 0 Å². The summed E-state index contributed by atoms with van der Waals surface area (Å²) in [6.07, 6.45) is 0.319. The zero-order chi connectivity index (χ0) is 12.1. The molecule has 2 aromatic rings. The van der Waals surface area contributed by atoms with Crippen LogP contribution in [-0.4, -0.2) is 12.2 Å². The van der Waals surface area contributed by atoms with Gasteiger partial charge in [0, 0.05) is 11.4 Å². The first-order chi connectivity index (χ1) is 8.33. The van der Waals surface area contributed by atoms with Gasteiger partial charge in [0.15, 0.2) is 0 Å². The lowest BCUT2D eigenvalue weighted by atomic mass is 10.2. The van der Waals surface area contributed by atoms with E-state index in [9.17, 15) is 9.59 Å². The van der Waals surface area contributed by atoms with Crippen LogP contribution in [0.1, 0.15) is 0 Å². The Kier molecular flexibility index (Phi) is 3.31. The standard InChI is InChI=1S/C14H11NO2/c16-11-14(17)15(12-7-3-1-4-8-12)13-9-5-2-6-10-13/h1-11H. The zero-order valence-corrected chi connectivity index (χ0v) is 9.11. The van der Waals surface area contributed by atoms with Crippen molar-refractivity contribution >= 4 is 23.6 Å². The van der Waals surface area contributed by atoms with Crippen molar-refractivity contribution in [2.45, 2.75) is 0 Å². The molecule has 0 unspecified atom stereocenters. The van der Waals surface area contributed by atoms with Gasteiger partial charge in [-0.25, -0.2) is 0 Å². The molecule has 0 N–H and O–H groups in total. The Morgan fingerprint density at radius 3 is 1.59 bits per heavy atom. The SMILES string of the molecule is O=CC(=O)N(c1ccccc1)c1ccccc1. The second-order valence-corrected chi connectivity index (χ2v) is 3.46. The molecule has 2 aromatic carbocycles. The molecule has 0 radical (unpaired) electrons. The molecule has 0 aliphatic rings. The van der Waals surface area contributed by atoms with E-state index in [1.165, 1.54) is 4.90 Å². The molecule has 0 saturated heterocycles. The van der Waals surface area contributed by atoms with E-state index in [1.54, 1.807) is 24.3 Å². The predicted molar refractivity (Wildman–Crippen MR) is 66.1 cm³/mol. The van der Waals surface area contributed by atoms with Crippen LogP contribution < -0.4 is 4.90 Å². The number of hydrogen-bond acceptors (Lipinski definition) is 2. The lowest BCUT2D eigenvalue weighted by molar-refractivity contribution is -0.129. The van der Waals surface area contributed by atoms with Gasteiger partial charge in [0.1, 0.15) is 0 Å². The van der Waals surface area contributed by atoms with Gasteiger partial charge in [-0.2, -0.15) is 0 Å². The molecule has 3 heteroatoms. The second-order valence-electron chi connectivity index (χ2n) is 3.46. The van der Waals surface area contributed by atoms with Gasteiger partial charge in [-0.3, -0.25) is 14.5 Å².